The van der Waals surface area contributed by atoms with Crippen molar-refractivity contribution in [2.24, 2.45) is 0 Å². The molecule has 1 aromatic carbocycles. The van der Waals surface area contributed by atoms with Gasteiger partial charge in [0.25, 0.3) is 0 Å². The van der Waals surface area contributed by atoms with E-state index in [1.165, 1.54) is 11.6 Å². The van der Waals surface area contributed by atoms with E-state index in [9.17, 15) is 4.79 Å². The Bertz CT molecular complexity index is 379. The van der Waals surface area contributed by atoms with E-state index in [1.54, 1.807) is 6.92 Å². The number of anilines is 1. The zero-order chi connectivity index (χ0) is 12.0. The van der Waals surface area contributed by atoms with Gasteiger partial charge in [-0.1, -0.05) is 19.1 Å². The molecule has 0 aliphatic carbocycles. The normalized spacial score (nSPS) is 11.2. The van der Waals surface area contributed by atoms with Crippen molar-refractivity contribution in [3.63, 3.8) is 0 Å². The molecule has 1 rings (SSSR count). The molecule has 1 aromatic rings. The van der Waals surface area contributed by atoms with E-state index in [0.29, 0.717) is 6.54 Å². The van der Waals surface area contributed by atoms with Crippen LogP contribution in [0.2, 0.25) is 0 Å². The van der Waals surface area contributed by atoms with Crippen LogP contribution in [0.4, 0.5) is 5.69 Å². The second-order valence-electron chi connectivity index (χ2n) is 3.73. The smallest absolute Gasteiger partial charge is 0.328 e. The maximum absolute atomic E-state index is 10.4. The summed E-state index contributed by atoms with van der Waals surface area (Å²) in [7, 11) is 0. The Morgan fingerprint density at radius 3 is 2.50 bits per heavy atom. The Morgan fingerprint density at radius 1 is 1.38 bits per heavy atom. The average Bonchev–Trinajstić information content (AvgIpc) is 2.26. The number of aryl methyl sites for hydroxylation is 1. The predicted octanol–water partition coefficient (Wildman–Crippen LogP) is 2.69. The highest BCUT2D eigenvalue weighted by molar-refractivity contribution is 5.80. The molecule has 0 atom stereocenters. The third-order valence-electron chi connectivity index (χ3n) is 2.30. The zero-order valence-corrected chi connectivity index (χ0v) is 9.66. The number of aliphatic carboxylic acids is 1. The number of carbonyl (C=O) groups is 1. The first kappa shape index (κ1) is 12.3. The second-order valence-corrected chi connectivity index (χ2v) is 3.73. The third-order valence-corrected chi connectivity index (χ3v) is 2.30. The maximum Gasteiger partial charge on any atom is 0.328 e. The van der Waals surface area contributed by atoms with Crippen molar-refractivity contribution in [2.75, 3.05) is 11.9 Å². The van der Waals surface area contributed by atoms with E-state index < -0.39 is 5.97 Å². The van der Waals surface area contributed by atoms with Crippen LogP contribution in [0.3, 0.4) is 0 Å². The monoisotopic (exact) mass is 219 g/mol. The van der Waals surface area contributed by atoms with Gasteiger partial charge in [0, 0.05) is 18.3 Å². The number of nitrogens with one attached hydrogen (secondary N) is 1. The van der Waals surface area contributed by atoms with Crippen LogP contribution in [0.1, 0.15) is 19.4 Å². The van der Waals surface area contributed by atoms with Gasteiger partial charge in [0.15, 0.2) is 0 Å². The SMILES string of the molecule is CCc1ccc(NC/C(C)=C/C(=O)O)cc1. The minimum absolute atomic E-state index is 0.553. The van der Waals surface area contributed by atoms with Crippen LogP contribution in [0, 0.1) is 0 Å². The quantitative estimate of drug-likeness (QED) is 0.748. The first-order valence-corrected chi connectivity index (χ1v) is 5.34. The summed E-state index contributed by atoms with van der Waals surface area (Å²) in [5, 5.41) is 11.7. The van der Waals surface area contributed by atoms with Crippen LogP contribution >= 0.6 is 0 Å². The van der Waals surface area contributed by atoms with Gasteiger partial charge in [-0.25, -0.2) is 4.79 Å². The van der Waals surface area contributed by atoms with Gasteiger partial charge >= 0.3 is 5.97 Å². The average molecular weight is 219 g/mol. The van der Waals surface area contributed by atoms with Gasteiger partial charge in [-0.15, -0.1) is 0 Å². The number of rotatable bonds is 5. The Labute approximate surface area is 95.8 Å². The lowest BCUT2D eigenvalue weighted by molar-refractivity contribution is -0.131. The Kier molecular flexibility index (Phi) is 4.58. The molecule has 3 heteroatoms. The Morgan fingerprint density at radius 2 is 2.00 bits per heavy atom. The molecule has 0 aromatic heterocycles. The third kappa shape index (κ3) is 4.17. The van der Waals surface area contributed by atoms with Crippen molar-refractivity contribution in [1.82, 2.24) is 0 Å². The van der Waals surface area contributed by atoms with Crippen molar-refractivity contribution in [2.45, 2.75) is 20.3 Å². The van der Waals surface area contributed by atoms with Crippen molar-refractivity contribution in [3.8, 4) is 0 Å². The molecule has 0 fully saturated rings. The van der Waals surface area contributed by atoms with E-state index in [-0.39, 0.29) is 0 Å². The van der Waals surface area contributed by atoms with Crippen LogP contribution < -0.4 is 5.32 Å². The van der Waals surface area contributed by atoms with Gasteiger partial charge in [0.1, 0.15) is 0 Å². The van der Waals surface area contributed by atoms with Gasteiger partial charge in [0.2, 0.25) is 0 Å². The number of hydrogen-bond donors (Lipinski definition) is 2. The van der Waals surface area contributed by atoms with E-state index in [1.807, 2.05) is 12.1 Å². The molecule has 86 valence electrons. The molecule has 0 saturated carbocycles. The number of carboxylic acid groups (broad SMARTS) is 1. The van der Waals surface area contributed by atoms with Crippen molar-refractivity contribution in [1.29, 1.82) is 0 Å². The van der Waals surface area contributed by atoms with Crippen molar-refractivity contribution >= 4 is 11.7 Å². The molecule has 0 heterocycles. The zero-order valence-electron chi connectivity index (χ0n) is 9.66. The van der Waals surface area contributed by atoms with Gasteiger partial charge < -0.3 is 10.4 Å². The molecule has 3 nitrogen and oxygen atoms in total. The highest BCUT2D eigenvalue weighted by atomic mass is 16.4. The van der Waals surface area contributed by atoms with Crippen LogP contribution in [0.25, 0.3) is 0 Å². The fraction of sp³-hybridized carbons (Fsp3) is 0.308. The van der Waals surface area contributed by atoms with Crippen molar-refractivity contribution < 1.29 is 9.90 Å². The molecular formula is C13H17NO2. The lowest BCUT2D eigenvalue weighted by atomic mass is 10.1. The van der Waals surface area contributed by atoms with Crippen LogP contribution in [0.15, 0.2) is 35.9 Å². The summed E-state index contributed by atoms with van der Waals surface area (Å²) < 4.78 is 0. The molecule has 0 aliphatic heterocycles. The van der Waals surface area contributed by atoms with Gasteiger partial charge in [-0.2, -0.15) is 0 Å². The first-order chi connectivity index (χ1) is 7.61. The van der Waals surface area contributed by atoms with Gasteiger partial charge in [-0.3, -0.25) is 0 Å². The van der Waals surface area contributed by atoms with Gasteiger partial charge in [0.05, 0.1) is 0 Å². The lowest BCUT2D eigenvalue weighted by Gasteiger charge is -2.06. The molecule has 0 amide bonds. The fourth-order valence-corrected chi connectivity index (χ4v) is 1.36. The van der Waals surface area contributed by atoms with Gasteiger partial charge in [-0.05, 0) is 36.6 Å². The Balaban J connectivity index is 2.51. The molecule has 16 heavy (non-hydrogen) atoms. The minimum atomic E-state index is -0.902. The molecule has 0 aliphatic rings. The van der Waals surface area contributed by atoms with Crippen LogP contribution in [0.5, 0.6) is 0 Å². The fourth-order valence-electron chi connectivity index (χ4n) is 1.36. The summed E-state index contributed by atoms with van der Waals surface area (Å²) >= 11 is 0. The van der Waals surface area contributed by atoms with Crippen molar-refractivity contribution in [3.05, 3.63) is 41.5 Å². The maximum atomic E-state index is 10.4. The summed E-state index contributed by atoms with van der Waals surface area (Å²) in [6, 6.07) is 8.15. The molecular weight excluding hydrogens is 202 g/mol. The second kappa shape index (κ2) is 5.95. The largest absolute Gasteiger partial charge is 0.478 e. The number of hydrogen-bond acceptors (Lipinski definition) is 2. The minimum Gasteiger partial charge on any atom is -0.478 e. The lowest BCUT2D eigenvalue weighted by Crippen LogP contribution is -2.04. The molecule has 0 unspecified atom stereocenters. The predicted molar refractivity (Wildman–Crippen MR) is 65.7 cm³/mol. The summed E-state index contributed by atoms with van der Waals surface area (Å²) in [6.07, 6.45) is 2.24. The van der Waals surface area contributed by atoms with Crippen LogP contribution in [-0.4, -0.2) is 17.6 Å². The van der Waals surface area contributed by atoms with E-state index in [4.69, 9.17) is 5.11 Å². The molecule has 0 radical (unpaired) electrons. The Hall–Kier alpha value is -1.77. The summed E-state index contributed by atoms with van der Waals surface area (Å²) in [5.41, 5.74) is 3.10. The summed E-state index contributed by atoms with van der Waals surface area (Å²) in [5.74, 6) is -0.902. The molecule has 0 saturated heterocycles. The van der Waals surface area contributed by atoms with Crippen LogP contribution in [-0.2, 0) is 11.2 Å². The molecule has 0 spiro atoms. The number of benzene rings is 1. The van der Waals surface area contributed by atoms with E-state index in [2.05, 4.69) is 24.4 Å². The number of carboxylic acids is 1. The molecule has 2 N–H and O–H groups in total. The topological polar surface area (TPSA) is 49.3 Å². The van der Waals surface area contributed by atoms with E-state index >= 15 is 0 Å². The highest BCUT2D eigenvalue weighted by Crippen LogP contribution is 2.10. The molecule has 0 bridgehead atoms. The summed E-state index contributed by atoms with van der Waals surface area (Å²) in [6.45, 7) is 4.46. The standard InChI is InChI=1S/C13H17NO2/c1-3-11-4-6-12(7-5-11)14-9-10(2)8-13(15)16/h4-8,14H,3,9H2,1-2H3,(H,15,16)/b10-8+. The highest BCUT2D eigenvalue weighted by Gasteiger charge is 1.95. The first-order valence-electron chi connectivity index (χ1n) is 5.34. The summed E-state index contributed by atoms with van der Waals surface area (Å²) in [4.78, 5) is 10.4. The van der Waals surface area contributed by atoms with E-state index in [0.717, 1.165) is 17.7 Å².